The fraction of sp³-hybridized carbons (Fsp3) is 0.429. The van der Waals surface area contributed by atoms with Crippen molar-refractivity contribution >= 4 is 28.6 Å². The minimum Gasteiger partial charge on any atom is -0.337 e. The topological polar surface area (TPSA) is 36.4 Å². The number of thiophene rings is 1. The highest BCUT2D eigenvalue weighted by Crippen LogP contribution is 2.13. The minimum atomic E-state index is 0.168. The van der Waals surface area contributed by atoms with Crippen LogP contribution in [0.4, 0.5) is 0 Å². The lowest BCUT2D eigenvalue weighted by Gasteiger charge is -2.21. The number of hydrogen-bond donors (Lipinski definition) is 0. The molecule has 0 bridgehead atoms. The average Bonchev–Trinajstić information content (AvgIpc) is 3.10. The van der Waals surface area contributed by atoms with Crippen molar-refractivity contribution in [2.75, 3.05) is 26.2 Å². The SMILES string of the molecule is O=C(c1ccsc1)N1CCCN(Cc2cscn2)CC1. The number of nitrogens with zero attached hydrogens (tertiary/aromatic N) is 3. The van der Waals surface area contributed by atoms with Crippen molar-refractivity contribution in [1.29, 1.82) is 0 Å². The van der Waals surface area contributed by atoms with Gasteiger partial charge < -0.3 is 4.90 Å². The van der Waals surface area contributed by atoms with Gasteiger partial charge in [-0.05, 0) is 17.9 Å². The highest BCUT2D eigenvalue weighted by atomic mass is 32.1. The van der Waals surface area contributed by atoms with Crippen LogP contribution in [-0.4, -0.2) is 46.9 Å². The van der Waals surface area contributed by atoms with Crippen LogP contribution in [0.5, 0.6) is 0 Å². The Balaban J connectivity index is 1.58. The van der Waals surface area contributed by atoms with Crippen molar-refractivity contribution in [2.24, 2.45) is 0 Å². The summed E-state index contributed by atoms with van der Waals surface area (Å²) < 4.78 is 0. The predicted molar refractivity (Wildman–Crippen MR) is 82.2 cm³/mol. The lowest BCUT2D eigenvalue weighted by molar-refractivity contribution is 0.0761. The van der Waals surface area contributed by atoms with E-state index in [2.05, 4.69) is 15.3 Å². The van der Waals surface area contributed by atoms with Crippen molar-refractivity contribution in [3.8, 4) is 0 Å². The van der Waals surface area contributed by atoms with Crippen LogP contribution < -0.4 is 0 Å². The normalized spacial score (nSPS) is 17.1. The summed E-state index contributed by atoms with van der Waals surface area (Å²) >= 11 is 3.21. The van der Waals surface area contributed by atoms with E-state index in [1.807, 2.05) is 27.2 Å². The summed E-state index contributed by atoms with van der Waals surface area (Å²) in [6, 6.07) is 1.91. The van der Waals surface area contributed by atoms with Gasteiger partial charge in [0, 0.05) is 43.5 Å². The summed E-state index contributed by atoms with van der Waals surface area (Å²) in [6.07, 6.45) is 1.03. The second-order valence-corrected chi connectivity index (χ2v) is 6.41. The van der Waals surface area contributed by atoms with Gasteiger partial charge in [-0.25, -0.2) is 4.98 Å². The Morgan fingerprint density at radius 1 is 1.20 bits per heavy atom. The second-order valence-electron chi connectivity index (χ2n) is 4.91. The van der Waals surface area contributed by atoms with E-state index in [0.29, 0.717) is 0 Å². The summed E-state index contributed by atoms with van der Waals surface area (Å²) in [6.45, 7) is 4.50. The van der Waals surface area contributed by atoms with Gasteiger partial charge in [-0.2, -0.15) is 11.3 Å². The van der Waals surface area contributed by atoms with Gasteiger partial charge >= 0.3 is 0 Å². The van der Waals surface area contributed by atoms with Gasteiger partial charge in [-0.1, -0.05) is 0 Å². The van der Waals surface area contributed by atoms with Crippen LogP contribution in [0.3, 0.4) is 0 Å². The molecule has 0 atom stereocenters. The number of carbonyl (C=O) groups excluding carboxylic acids is 1. The minimum absolute atomic E-state index is 0.168. The van der Waals surface area contributed by atoms with Crippen molar-refractivity contribution in [3.63, 3.8) is 0 Å². The summed E-state index contributed by atoms with van der Waals surface area (Å²) in [5.41, 5.74) is 3.83. The maximum absolute atomic E-state index is 12.3. The molecule has 1 fully saturated rings. The van der Waals surface area contributed by atoms with Crippen LogP contribution in [0.25, 0.3) is 0 Å². The Bertz CT molecular complexity index is 539. The molecule has 2 aromatic rings. The number of amides is 1. The van der Waals surface area contributed by atoms with Gasteiger partial charge in [0.05, 0.1) is 16.8 Å². The first kappa shape index (κ1) is 13.7. The smallest absolute Gasteiger partial charge is 0.254 e. The molecule has 1 amide bonds. The Morgan fingerprint density at radius 2 is 2.15 bits per heavy atom. The quantitative estimate of drug-likeness (QED) is 0.874. The number of aromatic nitrogens is 1. The van der Waals surface area contributed by atoms with Crippen LogP contribution in [-0.2, 0) is 6.54 Å². The lowest BCUT2D eigenvalue weighted by atomic mass is 10.3. The number of rotatable bonds is 3. The Kier molecular flexibility index (Phi) is 4.44. The van der Waals surface area contributed by atoms with E-state index in [1.165, 1.54) is 0 Å². The van der Waals surface area contributed by atoms with E-state index in [4.69, 9.17) is 0 Å². The summed E-state index contributed by atoms with van der Waals surface area (Å²) in [5, 5.41) is 5.99. The molecule has 106 valence electrons. The first-order chi connectivity index (χ1) is 9.83. The third kappa shape index (κ3) is 3.26. The van der Waals surface area contributed by atoms with Gasteiger partial charge in [-0.3, -0.25) is 9.69 Å². The maximum Gasteiger partial charge on any atom is 0.254 e. The molecule has 3 rings (SSSR count). The fourth-order valence-corrected chi connectivity index (χ4v) is 3.62. The third-order valence-electron chi connectivity index (χ3n) is 3.51. The van der Waals surface area contributed by atoms with Crippen LogP contribution in [0, 0.1) is 0 Å². The van der Waals surface area contributed by atoms with Crippen LogP contribution in [0.15, 0.2) is 27.7 Å². The van der Waals surface area contributed by atoms with E-state index in [1.54, 1.807) is 22.7 Å². The van der Waals surface area contributed by atoms with Gasteiger partial charge in [-0.15, -0.1) is 11.3 Å². The van der Waals surface area contributed by atoms with Gasteiger partial charge in [0.2, 0.25) is 0 Å². The molecule has 1 aliphatic heterocycles. The fourth-order valence-electron chi connectivity index (χ4n) is 2.45. The number of thiazole rings is 1. The van der Waals surface area contributed by atoms with E-state index < -0.39 is 0 Å². The average molecular weight is 307 g/mol. The zero-order valence-corrected chi connectivity index (χ0v) is 12.8. The van der Waals surface area contributed by atoms with E-state index in [-0.39, 0.29) is 5.91 Å². The summed E-state index contributed by atoms with van der Waals surface area (Å²) in [4.78, 5) is 21.0. The molecule has 0 saturated carbocycles. The van der Waals surface area contributed by atoms with Crippen LogP contribution >= 0.6 is 22.7 Å². The van der Waals surface area contributed by atoms with Crippen molar-refractivity contribution in [3.05, 3.63) is 39.0 Å². The number of hydrogen-bond acceptors (Lipinski definition) is 5. The molecule has 0 unspecified atom stereocenters. The Morgan fingerprint density at radius 3 is 2.90 bits per heavy atom. The molecule has 4 nitrogen and oxygen atoms in total. The zero-order valence-electron chi connectivity index (χ0n) is 11.2. The van der Waals surface area contributed by atoms with Crippen molar-refractivity contribution in [1.82, 2.24) is 14.8 Å². The monoisotopic (exact) mass is 307 g/mol. The Hall–Kier alpha value is -1.24. The molecule has 1 aliphatic rings. The van der Waals surface area contributed by atoms with Gasteiger partial charge in [0.15, 0.2) is 0 Å². The molecule has 0 aliphatic carbocycles. The molecule has 6 heteroatoms. The molecule has 1 saturated heterocycles. The van der Waals surface area contributed by atoms with Crippen molar-refractivity contribution in [2.45, 2.75) is 13.0 Å². The molecule has 0 spiro atoms. The van der Waals surface area contributed by atoms with Crippen molar-refractivity contribution < 1.29 is 4.79 Å². The molecular formula is C14H17N3OS2. The third-order valence-corrected chi connectivity index (χ3v) is 4.83. The van der Waals surface area contributed by atoms with Gasteiger partial charge in [0.25, 0.3) is 5.91 Å². The van der Waals surface area contributed by atoms with Crippen LogP contribution in [0.1, 0.15) is 22.5 Å². The highest BCUT2D eigenvalue weighted by molar-refractivity contribution is 7.08. The standard InChI is InChI=1S/C14H17N3OS2/c18-14(12-2-7-19-9-12)17-4-1-3-16(5-6-17)8-13-10-20-11-15-13/h2,7,9-11H,1,3-6,8H2. The predicted octanol–water partition coefficient (Wildman–Crippen LogP) is 2.55. The Labute approximate surface area is 126 Å². The van der Waals surface area contributed by atoms with Crippen LogP contribution in [0.2, 0.25) is 0 Å². The first-order valence-corrected chi connectivity index (χ1v) is 8.62. The molecule has 0 N–H and O–H groups in total. The molecule has 3 heterocycles. The largest absolute Gasteiger partial charge is 0.337 e. The molecule has 0 radical (unpaired) electrons. The summed E-state index contributed by atoms with van der Waals surface area (Å²) in [5.74, 6) is 0.168. The second kappa shape index (κ2) is 6.47. The molecule has 2 aromatic heterocycles. The highest BCUT2D eigenvalue weighted by Gasteiger charge is 2.20. The first-order valence-electron chi connectivity index (χ1n) is 6.74. The lowest BCUT2D eigenvalue weighted by Crippen LogP contribution is -2.34. The molecular weight excluding hydrogens is 290 g/mol. The van der Waals surface area contributed by atoms with E-state index in [9.17, 15) is 4.79 Å². The van der Waals surface area contributed by atoms with E-state index >= 15 is 0 Å². The zero-order chi connectivity index (χ0) is 13.8. The number of carbonyl (C=O) groups is 1. The molecule has 20 heavy (non-hydrogen) atoms. The van der Waals surface area contributed by atoms with Gasteiger partial charge in [0.1, 0.15) is 0 Å². The summed E-state index contributed by atoms with van der Waals surface area (Å²) in [7, 11) is 0. The molecule has 0 aromatic carbocycles. The maximum atomic E-state index is 12.3. The van der Waals surface area contributed by atoms with E-state index in [0.717, 1.165) is 50.4 Å².